The van der Waals surface area contributed by atoms with Crippen molar-refractivity contribution in [2.24, 2.45) is 0 Å². The van der Waals surface area contributed by atoms with Gasteiger partial charge in [0.25, 0.3) is 0 Å². The Morgan fingerprint density at radius 2 is 1.90 bits per heavy atom. The first-order valence-electron chi connectivity index (χ1n) is 5.34. The van der Waals surface area contributed by atoms with E-state index in [1.165, 1.54) is 12.1 Å². The molecule has 7 nitrogen and oxygen atoms in total. The first kappa shape index (κ1) is 14.1. The second-order valence-electron chi connectivity index (χ2n) is 3.67. The van der Waals surface area contributed by atoms with E-state index >= 15 is 0 Å². The molecule has 0 unspecified atom stereocenters. The summed E-state index contributed by atoms with van der Waals surface area (Å²) in [6, 6.07) is 3.68. The van der Waals surface area contributed by atoms with Crippen molar-refractivity contribution in [3.05, 3.63) is 39.9 Å². The fourth-order valence-corrected chi connectivity index (χ4v) is 1.79. The lowest BCUT2D eigenvalue weighted by atomic mass is 10.2. The zero-order valence-corrected chi connectivity index (χ0v) is 11.6. The molecule has 2 aromatic rings. The van der Waals surface area contributed by atoms with Gasteiger partial charge in [-0.15, -0.1) is 0 Å². The molecule has 0 atom stereocenters. The topological polar surface area (TPSA) is 117 Å². The van der Waals surface area contributed by atoms with Crippen LogP contribution in [0.3, 0.4) is 0 Å². The largest absolute Gasteiger partial charge is 0.454 e. The van der Waals surface area contributed by atoms with Gasteiger partial charge >= 0.3 is 5.97 Å². The Morgan fingerprint density at radius 3 is 2.55 bits per heavy atom. The zero-order valence-electron chi connectivity index (χ0n) is 10.0. The minimum Gasteiger partial charge on any atom is -0.454 e. The van der Waals surface area contributed by atoms with Crippen molar-refractivity contribution in [1.82, 2.24) is 15.0 Å². The van der Waals surface area contributed by atoms with E-state index in [2.05, 4.69) is 30.9 Å². The number of hydrogen-bond donors (Lipinski definition) is 2. The number of benzene rings is 1. The maximum absolute atomic E-state index is 13.1. The third kappa shape index (κ3) is 3.38. The molecule has 2 rings (SSSR count). The summed E-state index contributed by atoms with van der Waals surface area (Å²) in [5, 5.41) is 0. The molecule has 0 aliphatic rings. The quantitative estimate of drug-likeness (QED) is 0.807. The summed E-state index contributed by atoms with van der Waals surface area (Å²) in [5.41, 5.74) is 10.8. The number of aromatic nitrogens is 3. The third-order valence-corrected chi connectivity index (χ3v) is 2.89. The molecule has 9 heteroatoms. The van der Waals surface area contributed by atoms with Gasteiger partial charge in [0, 0.05) is 4.47 Å². The maximum Gasteiger partial charge on any atom is 0.339 e. The Hall–Kier alpha value is -2.29. The van der Waals surface area contributed by atoms with E-state index in [4.69, 9.17) is 16.2 Å². The van der Waals surface area contributed by atoms with E-state index in [0.29, 0.717) is 4.47 Å². The van der Waals surface area contributed by atoms with Gasteiger partial charge in [-0.2, -0.15) is 15.0 Å². The first-order valence-corrected chi connectivity index (χ1v) is 6.13. The van der Waals surface area contributed by atoms with Gasteiger partial charge in [-0.1, -0.05) is 0 Å². The summed E-state index contributed by atoms with van der Waals surface area (Å²) >= 11 is 3.13. The molecular weight excluding hydrogens is 333 g/mol. The van der Waals surface area contributed by atoms with Crippen LogP contribution < -0.4 is 11.5 Å². The number of nitrogens with two attached hydrogens (primary N) is 2. The van der Waals surface area contributed by atoms with E-state index in [1.807, 2.05) is 0 Å². The Bertz CT molecular complexity index is 647. The number of hydrogen-bond acceptors (Lipinski definition) is 7. The van der Waals surface area contributed by atoms with E-state index in [0.717, 1.165) is 6.07 Å². The fraction of sp³-hybridized carbons (Fsp3) is 0.0909. The highest BCUT2D eigenvalue weighted by molar-refractivity contribution is 9.10. The molecular formula is C11H9BrFN5O2. The Morgan fingerprint density at radius 1 is 1.25 bits per heavy atom. The smallest absolute Gasteiger partial charge is 0.339 e. The molecule has 0 spiro atoms. The summed E-state index contributed by atoms with van der Waals surface area (Å²) < 4.78 is 18.5. The molecule has 0 radical (unpaired) electrons. The van der Waals surface area contributed by atoms with Gasteiger partial charge in [0.05, 0.1) is 5.56 Å². The summed E-state index contributed by atoms with van der Waals surface area (Å²) in [4.78, 5) is 22.9. The second kappa shape index (κ2) is 5.78. The number of nitrogen functional groups attached to an aromatic ring is 2. The van der Waals surface area contributed by atoms with Gasteiger partial charge in [-0.25, -0.2) is 9.18 Å². The van der Waals surface area contributed by atoms with Gasteiger partial charge in [0.1, 0.15) is 5.82 Å². The van der Waals surface area contributed by atoms with Crippen LogP contribution in [0.2, 0.25) is 0 Å². The number of rotatable bonds is 3. The van der Waals surface area contributed by atoms with Crippen LogP contribution in [0.4, 0.5) is 16.3 Å². The molecule has 1 aromatic carbocycles. The van der Waals surface area contributed by atoms with Gasteiger partial charge in [0.2, 0.25) is 11.9 Å². The van der Waals surface area contributed by atoms with E-state index in [1.54, 1.807) is 0 Å². The van der Waals surface area contributed by atoms with Crippen molar-refractivity contribution in [1.29, 1.82) is 0 Å². The lowest BCUT2D eigenvalue weighted by Gasteiger charge is -2.06. The van der Waals surface area contributed by atoms with E-state index in [-0.39, 0.29) is 29.9 Å². The molecule has 0 aliphatic heterocycles. The minimum atomic E-state index is -0.728. The molecule has 104 valence electrons. The summed E-state index contributed by atoms with van der Waals surface area (Å²) in [7, 11) is 0. The third-order valence-electron chi connectivity index (χ3n) is 2.20. The first-order chi connectivity index (χ1) is 9.45. The van der Waals surface area contributed by atoms with Gasteiger partial charge in [-0.05, 0) is 34.1 Å². The summed E-state index contributed by atoms with van der Waals surface area (Å²) in [6.07, 6.45) is 0. The fourth-order valence-electron chi connectivity index (χ4n) is 1.38. The van der Waals surface area contributed by atoms with Crippen LogP contribution in [-0.2, 0) is 11.3 Å². The summed E-state index contributed by atoms with van der Waals surface area (Å²) in [5.74, 6) is -1.32. The van der Waals surface area contributed by atoms with Crippen molar-refractivity contribution in [3.8, 4) is 0 Å². The summed E-state index contributed by atoms with van der Waals surface area (Å²) in [6.45, 7) is -0.251. The number of carbonyl (C=O) groups excluding carboxylic acids is 1. The number of carbonyl (C=O) groups is 1. The standard InChI is InChI=1S/C11H9BrFN5O2/c12-7-2-1-5(13)3-6(7)9(19)20-4-8-16-10(14)18-11(15)17-8/h1-3H,4H2,(H4,14,15,16,17,18). The molecule has 0 saturated carbocycles. The SMILES string of the molecule is Nc1nc(N)nc(COC(=O)c2cc(F)ccc2Br)n1. The molecule has 1 heterocycles. The van der Waals surface area contributed by atoms with Crippen LogP contribution in [0.25, 0.3) is 0 Å². The van der Waals surface area contributed by atoms with Crippen molar-refractivity contribution in [2.75, 3.05) is 11.5 Å². The van der Waals surface area contributed by atoms with Crippen molar-refractivity contribution in [3.63, 3.8) is 0 Å². The highest BCUT2D eigenvalue weighted by Gasteiger charge is 2.14. The minimum absolute atomic E-state index is 0.0556. The lowest BCUT2D eigenvalue weighted by molar-refractivity contribution is 0.0460. The number of halogens is 2. The van der Waals surface area contributed by atoms with Crippen LogP contribution in [0.1, 0.15) is 16.2 Å². The maximum atomic E-state index is 13.1. The van der Waals surface area contributed by atoms with Crippen LogP contribution >= 0.6 is 15.9 Å². The average molecular weight is 342 g/mol. The molecule has 0 bridgehead atoms. The van der Waals surface area contributed by atoms with E-state index in [9.17, 15) is 9.18 Å². The Labute approximate surface area is 121 Å². The van der Waals surface area contributed by atoms with E-state index < -0.39 is 11.8 Å². The van der Waals surface area contributed by atoms with Crippen molar-refractivity contribution >= 4 is 33.8 Å². The van der Waals surface area contributed by atoms with Gasteiger partial charge in [0.15, 0.2) is 12.4 Å². The van der Waals surface area contributed by atoms with Crippen LogP contribution in [0, 0.1) is 5.82 Å². The monoisotopic (exact) mass is 341 g/mol. The lowest BCUT2D eigenvalue weighted by Crippen LogP contribution is -2.11. The zero-order chi connectivity index (χ0) is 14.7. The molecule has 0 amide bonds. The van der Waals surface area contributed by atoms with Crippen LogP contribution in [0.5, 0.6) is 0 Å². The Kier molecular flexibility index (Phi) is 4.08. The molecule has 20 heavy (non-hydrogen) atoms. The number of nitrogens with zero attached hydrogens (tertiary/aromatic N) is 3. The molecule has 0 fully saturated rings. The van der Waals surface area contributed by atoms with Gasteiger partial charge in [-0.3, -0.25) is 0 Å². The number of esters is 1. The van der Waals surface area contributed by atoms with Crippen molar-refractivity contribution < 1.29 is 13.9 Å². The second-order valence-corrected chi connectivity index (χ2v) is 4.52. The average Bonchev–Trinajstić information content (AvgIpc) is 2.38. The number of anilines is 2. The molecule has 0 saturated heterocycles. The van der Waals surface area contributed by atoms with Crippen molar-refractivity contribution in [2.45, 2.75) is 6.61 Å². The highest BCUT2D eigenvalue weighted by atomic mass is 79.9. The predicted octanol–water partition coefficient (Wildman–Crippen LogP) is 1.29. The highest BCUT2D eigenvalue weighted by Crippen LogP contribution is 2.19. The predicted molar refractivity (Wildman–Crippen MR) is 71.9 cm³/mol. The van der Waals surface area contributed by atoms with Crippen LogP contribution in [0.15, 0.2) is 22.7 Å². The van der Waals surface area contributed by atoms with Gasteiger partial charge < -0.3 is 16.2 Å². The molecule has 0 aliphatic carbocycles. The number of ether oxygens (including phenoxy) is 1. The molecule has 4 N–H and O–H groups in total. The molecule has 1 aromatic heterocycles. The van der Waals surface area contributed by atoms with Crippen LogP contribution in [-0.4, -0.2) is 20.9 Å². The normalized spacial score (nSPS) is 10.3. The Balaban J connectivity index is 2.10.